The SMILES string of the molecule is CC(C)(C)C(=O)CN1CCN(CC=O)CCN(CC(=O)O)CCN(CC(=O)O)CC1. The van der Waals surface area contributed by atoms with Gasteiger partial charge in [0.05, 0.1) is 26.2 Å². The van der Waals surface area contributed by atoms with E-state index in [2.05, 4.69) is 0 Å². The van der Waals surface area contributed by atoms with Gasteiger partial charge in [0.25, 0.3) is 0 Å². The molecule has 0 spiro atoms. The highest BCUT2D eigenvalue weighted by Crippen LogP contribution is 2.15. The Kier molecular flexibility index (Phi) is 11.1. The lowest BCUT2D eigenvalue weighted by Crippen LogP contribution is -2.49. The molecule has 0 aliphatic carbocycles. The fraction of sp³-hybridized carbons (Fsp3) is 0.800. The lowest BCUT2D eigenvalue weighted by molar-refractivity contribution is -0.140. The zero-order valence-electron chi connectivity index (χ0n) is 18.4. The molecule has 0 aromatic rings. The van der Waals surface area contributed by atoms with Crippen LogP contribution in [-0.4, -0.2) is 132 Å². The average Bonchev–Trinajstić information content (AvgIpc) is 2.62. The van der Waals surface area contributed by atoms with E-state index >= 15 is 0 Å². The Balaban J connectivity index is 2.94. The molecule has 0 bridgehead atoms. The molecule has 172 valence electrons. The second-order valence-corrected chi connectivity index (χ2v) is 8.76. The summed E-state index contributed by atoms with van der Waals surface area (Å²) in [6, 6.07) is 0. The standard InChI is InChI=1S/C20H36N4O6/c1-20(2,3)17(26)14-22-6-4-21(12-13-25)5-7-23(15-18(27)28)10-11-24(9-8-22)16-19(29)30/h13H,4-12,14-16H2,1-3H3,(H,27,28)(H,29,30). The van der Waals surface area contributed by atoms with Crippen molar-refractivity contribution in [3.63, 3.8) is 0 Å². The van der Waals surface area contributed by atoms with Gasteiger partial charge in [-0.2, -0.15) is 0 Å². The van der Waals surface area contributed by atoms with E-state index in [9.17, 15) is 24.3 Å². The van der Waals surface area contributed by atoms with Gasteiger partial charge in [-0.05, 0) is 0 Å². The van der Waals surface area contributed by atoms with Crippen molar-refractivity contribution >= 4 is 24.0 Å². The summed E-state index contributed by atoms with van der Waals surface area (Å²) in [5.41, 5.74) is -0.468. The lowest BCUT2D eigenvalue weighted by Gasteiger charge is -2.33. The Morgan fingerprint density at radius 1 is 0.700 bits per heavy atom. The van der Waals surface area contributed by atoms with Gasteiger partial charge in [-0.25, -0.2) is 0 Å². The maximum Gasteiger partial charge on any atom is 0.317 e. The van der Waals surface area contributed by atoms with E-state index in [0.717, 1.165) is 6.29 Å². The molecule has 0 saturated carbocycles. The quantitative estimate of drug-likeness (QED) is 0.475. The number of aliphatic carboxylic acids is 2. The van der Waals surface area contributed by atoms with Crippen molar-refractivity contribution in [1.29, 1.82) is 0 Å². The summed E-state index contributed by atoms with van der Waals surface area (Å²) in [7, 11) is 0. The minimum Gasteiger partial charge on any atom is -0.480 e. The van der Waals surface area contributed by atoms with Crippen molar-refractivity contribution in [3.8, 4) is 0 Å². The average molecular weight is 429 g/mol. The summed E-state index contributed by atoms with van der Waals surface area (Å²) in [5.74, 6) is -1.78. The van der Waals surface area contributed by atoms with E-state index < -0.39 is 17.4 Å². The molecule has 0 aromatic heterocycles. The normalized spacial score (nSPS) is 19.6. The van der Waals surface area contributed by atoms with Crippen LogP contribution in [0, 0.1) is 5.41 Å². The lowest BCUT2D eigenvalue weighted by atomic mass is 9.90. The monoisotopic (exact) mass is 428 g/mol. The third-order valence-corrected chi connectivity index (χ3v) is 5.18. The smallest absolute Gasteiger partial charge is 0.317 e. The van der Waals surface area contributed by atoms with Crippen LogP contribution >= 0.6 is 0 Å². The molecular weight excluding hydrogens is 392 g/mol. The molecule has 1 rings (SSSR count). The third kappa shape index (κ3) is 10.8. The molecule has 0 amide bonds. The fourth-order valence-electron chi connectivity index (χ4n) is 3.16. The third-order valence-electron chi connectivity index (χ3n) is 5.18. The van der Waals surface area contributed by atoms with Crippen molar-refractivity contribution in [1.82, 2.24) is 19.6 Å². The number of carboxylic acid groups (broad SMARTS) is 2. The molecule has 1 heterocycles. The van der Waals surface area contributed by atoms with Crippen LogP contribution in [0.5, 0.6) is 0 Å². The Labute approximate surface area is 178 Å². The Bertz CT molecular complexity index is 592. The van der Waals surface area contributed by atoms with Crippen LogP contribution in [0.1, 0.15) is 20.8 Å². The summed E-state index contributed by atoms with van der Waals surface area (Å²) in [4.78, 5) is 53.5. The van der Waals surface area contributed by atoms with Crippen LogP contribution in [0.2, 0.25) is 0 Å². The van der Waals surface area contributed by atoms with Crippen molar-refractivity contribution in [2.24, 2.45) is 5.41 Å². The molecule has 0 radical (unpaired) electrons. The molecule has 30 heavy (non-hydrogen) atoms. The highest BCUT2D eigenvalue weighted by Gasteiger charge is 2.25. The van der Waals surface area contributed by atoms with E-state index in [1.165, 1.54) is 0 Å². The minimum atomic E-state index is -0.944. The molecule has 1 saturated heterocycles. The number of hydrogen-bond donors (Lipinski definition) is 2. The maximum atomic E-state index is 12.5. The number of rotatable bonds is 8. The topological polar surface area (TPSA) is 122 Å². The van der Waals surface area contributed by atoms with E-state index in [1.807, 2.05) is 30.6 Å². The van der Waals surface area contributed by atoms with E-state index in [-0.39, 0.29) is 32.0 Å². The van der Waals surface area contributed by atoms with Crippen LogP contribution in [0.3, 0.4) is 0 Å². The number of ketones is 1. The van der Waals surface area contributed by atoms with Crippen LogP contribution in [-0.2, 0) is 19.2 Å². The number of carbonyl (C=O) groups is 4. The second-order valence-electron chi connectivity index (χ2n) is 8.76. The van der Waals surface area contributed by atoms with Gasteiger partial charge in [-0.15, -0.1) is 0 Å². The van der Waals surface area contributed by atoms with Gasteiger partial charge in [0.1, 0.15) is 6.29 Å². The summed E-state index contributed by atoms with van der Waals surface area (Å²) in [5, 5.41) is 18.4. The highest BCUT2D eigenvalue weighted by atomic mass is 16.4. The van der Waals surface area contributed by atoms with Gasteiger partial charge in [-0.3, -0.25) is 34.0 Å². The summed E-state index contributed by atoms with van der Waals surface area (Å²) in [6.07, 6.45) is 0.826. The molecule has 0 atom stereocenters. The Morgan fingerprint density at radius 3 is 1.33 bits per heavy atom. The summed E-state index contributed by atoms with van der Waals surface area (Å²) >= 11 is 0. The number of carbonyl (C=O) groups excluding carboxylic acids is 2. The first-order valence-corrected chi connectivity index (χ1v) is 10.3. The Morgan fingerprint density at radius 2 is 1.03 bits per heavy atom. The van der Waals surface area contributed by atoms with Gasteiger partial charge in [-0.1, -0.05) is 20.8 Å². The largest absolute Gasteiger partial charge is 0.480 e. The number of nitrogens with zero attached hydrogens (tertiary/aromatic N) is 4. The van der Waals surface area contributed by atoms with E-state index in [0.29, 0.717) is 52.4 Å². The van der Waals surface area contributed by atoms with Gasteiger partial charge in [0.2, 0.25) is 0 Å². The Hall–Kier alpha value is -1.88. The predicted molar refractivity (Wildman–Crippen MR) is 112 cm³/mol. The molecule has 0 unspecified atom stereocenters. The van der Waals surface area contributed by atoms with Gasteiger partial charge >= 0.3 is 11.9 Å². The molecular formula is C20H36N4O6. The molecule has 0 aromatic carbocycles. The molecule has 1 aliphatic rings. The first-order chi connectivity index (χ1) is 14.0. The van der Waals surface area contributed by atoms with Crippen LogP contribution in [0.15, 0.2) is 0 Å². The number of carboxylic acids is 2. The molecule has 10 heteroatoms. The number of aldehydes is 1. The first-order valence-electron chi connectivity index (χ1n) is 10.3. The van der Waals surface area contributed by atoms with E-state index in [4.69, 9.17) is 5.11 Å². The summed E-state index contributed by atoms with van der Waals surface area (Å²) < 4.78 is 0. The minimum absolute atomic E-state index is 0.106. The van der Waals surface area contributed by atoms with Crippen molar-refractivity contribution in [2.75, 3.05) is 78.5 Å². The second kappa shape index (κ2) is 12.7. The van der Waals surface area contributed by atoms with Crippen LogP contribution in [0.25, 0.3) is 0 Å². The molecule has 1 aliphatic heterocycles. The van der Waals surface area contributed by atoms with Crippen molar-refractivity contribution in [3.05, 3.63) is 0 Å². The number of hydrogen-bond acceptors (Lipinski definition) is 8. The van der Waals surface area contributed by atoms with Crippen molar-refractivity contribution < 1.29 is 29.4 Å². The first kappa shape index (κ1) is 26.2. The summed E-state index contributed by atoms with van der Waals surface area (Å²) in [6.45, 7) is 9.76. The van der Waals surface area contributed by atoms with Gasteiger partial charge in [0.15, 0.2) is 5.78 Å². The fourth-order valence-corrected chi connectivity index (χ4v) is 3.16. The zero-order valence-corrected chi connectivity index (χ0v) is 18.4. The van der Waals surface area contributed by atoms with Crippen LogP contribution < -0.4 is 0 Å². The maximum absolute atomic E-state index is 12.5. The predicted octanol–water partition coefficient (Wildman–Crippen LogP) is -0.809. The van der Waals surface area contributed by atoms with Crippen molar-refractivity contribution in [2.45, 2.75) is 20.8 Å². The molecule has 2 N–H and O–H groups in total. The van der Waals surface area contributed by atoms with Gasteiger partial charge < -0.3 is 15.0 Å². The molecule has 1 fully saturated rings. The number of Topliss-reactive ketones (excluding diaryl/α,β-unsaturated/α-hetero) is 1. The highest BCUT2D eigenvalue weighted by molar-refractivity contribution is 5.85. The van der Waals surface area contributed by atoms with E-state index in [1.54, 1.807) is 9.80 Å². The molecule has 10 nitrogen and oxygen atoms in total. The zero-order chi connectivity index (χ0) is 22.7. The van der Waals surface area contributed by atoms with Gasteiger partial charge in [0, 0.05) is 57.8 Å². The van der Waals surface area contributed by atoms with Crippen LogP contribution in [0.4, 0.5) is 0 Å².